The summed E-state index contributed by atoms with van der Waals surface area (Å²) in [4.78, 5) is 11.7. The predicted octanol–water partition coefficient (Wildman–Crippen LogP) is 1.55. The Hall–Kier alpha value is -1.81. The molecular weight excluding hydrogens is 238 g/mol. The molecule has 0 bridgehead atoms. The Morgan fingerprint density at radius 1 is 1.37 bits per heavy atom. The van der Waals surface area contributed by atoms with Gasteiger partial charge in [0.2, 0.25) is 5.91 Å². The maximum absolute atomic E-state index is 11.7. The first-order chi connectivity index (χ1) is 9.24. The van der Waals surface area contributed by atoms with Gasteiger partial charge in [-0.3, -0.25) is 4.79 Å². The molecule has 1 saturated carbocycles. The van der Waals surface area contributed by atoms with Crippen LogP contribution in [0.3, 0.4) is 0 Å². The lowest BCUT2D eigenvalue weighted by atomic mass is 10.2. The molecule has 2 aromatic rings. The largest absolute Gasteiger partial charge is 0.351 e. The van der Waals surface area contributed by atoms with Crippen molar-refractivity contribution in [2.24, 2.45) is 7.05 Å². The third-order valence-electron chi connectivity index (χ3n) is 3.58. The van der Waals surface area contributed by atoms with Crippen LogP contribution in [0, 0.1) is 0 Å². The Bertz CT molecular complexity index is 598. The summed E-state index contributed by atoms with van der Waals surface area (Å²) in [6.45, 7) is 1.02. The van der Waals surface area contributed by atoms with Crippen LogP contribution in [0.2, 0.25) is 0 Å². The van der Waals surface area contributed by atoms with Gasteiger partial charge in [0.15, 0.2) is 0 Å². The molecule has 0 saturated heterocycles. The van der Waals surface area contributed by atoms with Crippen LogP contribution in [0.15, 0.2) is 30.5 Å². The van der Waals surface area contributed by atoms with Gasteiger partial charge in [0.1, 0.15) is 0 Å². The van der Waals surface area contributed by atoms with E-state index in [9.17, 15) is 4.79 Å². The second-order valence-electron chi connectivity index (χ2n) is 5.21. The van der Waals surface area contributed by atoms with Gasteiger partial charge in [-0.25, -0.2) is 0 Å². The molecule has 4 heteroatoms. The number of fused-ring (bicyclic) bond motifs is 1. The molecule has 3 rings (SSSR count). The molecule has 0 aliphatic heterocycles. The number of nitrogens with one attached hydrogen (secondary N) is 2. The summed E-state index contributed by atoms with van der Waals surface area (Å²) in [6.07, 6.45) is 4.49. The third-order valence-corrected chi connectivity index (χ3v) is 3.58. The molecule has 1 heterocycles. The van der Waals surface area contributed by atoms with E-state index in [1.54, 1.807) is 0 Å². The average Bonchev–Trinajstić information content (AvgIpc) is 3.20. The second-order valence-corrected chi connectivity index (χ2v) is 5.21. The fourth-order valence-corrected chi connectivity index (χ4v) is 2.35. The van der Waals surface area contributed by atoms with Crippen LogP contribution in [0.4, 0.5) is 0 Å². The molecule has 1 amide bonds. The van der Waals surface area contributed by atoms with Crippen molar-refractivity contribution < 1.29 is 4.79 Å². The van der Waals surface area contributed by atoms with Crippen LogP contribution >= 0.6 is 0 Å². The standard InChI is InChI=1S/C15H19N3O/c1-18-10-11(13-4-2-3-5-14(13)18)8-17-15(19)9-16-12-6-7-12/h2-5,10,12,16H,6-9H2,1H3,(H,17,19). The molecule has 1 aromatic heterocycles. The minimum Gasteiger partial charge on any atom is -0.351 e. The Labute approximate surface area is 112 Å². The maximum atomic E-state index is 11.7. The number of carbonyl (C=O) groups is 1. The van der Waals surface area contributed by atoms with E-state index in [0.717, 1.165) is 5.56 Å². The van der Waals surface area contributed by atoms with Crippen molar-refractivity contribution in [2.45, 2.75) is 25.4 Å². The van der Waals surface area contributed by atoms with Gasteiger partial charge in [0.25, 0.3) is 0 Å². The van der Waals surface area contributed by atoms with Gasteiger partial charge in [-0.1, -0.05) is 18.2 Å². The monoisotopic (exact) mass is 257 g/mol. The maximum Gasteiger partial charge on any atom is 0.234 e. The first kappa shape index (κ1) is 12.2. The molecule has 19 heavy (non-hydrogen) atoms. The first-order valence-corrected chi connectivity index (χ1v) is 6.77. The number of aromatic nitrogens is 1. The van der Waals surface area contributed by atoms with Crippen LogP contribution in [-0.4, -0.2) is 23.1 Å². The van der Waals surface area contributed by atoms with Gasteiger partial charge in [-0.05, 0) is 24.5 Å². The first-order valence-electron chi connectivity index (χ1n) is 6.77. The summed E-state index contributed by atoms with van der Waals surface area (Å²) in [5.74, 6) is 0.0693. The van der Waals surface area contributed by atoms with E-state index in [1.165, 1.54) is 23.7 Å². The van der Waals surface area contributed by atoms with Crippen molar-refractivity contribution in [3.8, 4) is 0 Å². The summed E-state index contributed by atoms with van der Waals surface area (Å²) >= 11 is 0. The summed E-state index contributed by atoms with van der Waals surface area (Å²) < 4.78 is 2.10. The Morgan fingerprint density at radius 3 is 2.95 bits per heavy atom. The zero-order valence-corrected chi connectivity index (χ0v) is 11.1. The number of benzene rings is 1. The van der Waals surface area contributed by atoms with E-state index in [2.05, 4.69) is 33.5 Å². The highest BCUT2D eigenvalue weighted by atomic mass is 16.1. The Morgan fingerprint density at radius 2 is 2.16 bits per heavy atom. The lowest BCUT2D eigenvalue weighted by molar-refractivity contribution is -0.120. The van der Waals surface area contributed by atoms with Crippen molar-refractivity contribution in [3.05, 3.63) is 36.0 Å². The summed E-state index contributed by atoms with van der Waals surface area (Å²) in [7, 11) is 2.03. The predicted molar refractivity (Wildman–Crippen MR) is 75.8 cm³/mol. The number of hydrogen-bond donors (Lipinski definition) is 2. The number of amides is 1. The molecule has 4 nitrogen and oxygen atoms in total. The number of para-hydroxylation sites is 1. The minimum absolute atomic E-state index is 0.0693. The van der Waals surface area contributed by atoms with E-state index in [4.69, 9.17) is 0 Å². The van der Waals surface area contributed by atoms with Crippen LogP contribution in [0.1, 0.15) is 18.4 Å². The highest BCUT2D eigenvalue weighted by Gasteiger charge is 2.21. The SMILES string of the molecule is Cn1cc(CNC(=O)CNC2CC2)c2ccccc21. The molecule has 2 N–H and O–H groups in total. The van der Waals surface area contributed by atoms with Gasteiger partial charge in [-0.2, -0.15) is 0 Å². The van der Waals surface area contributed by atoms with E-state index in [0.29, 0.717) is 19.1 Å². The minimum atomic E-state index is 0.0693. The second kappa shape index (κ2) is 5.05. The fourth-order valence-electron chi connectivity index (χ4n) is 2.35. The highest BCUT2D eigenvalue weighted by molar-refractivity contribution is 5.85. The summed E-state index contributed by atoms with van der Waals surface area (Å²) in [5, 5.41) is 7.40. The van der Waals surface area contributed by atoms with Gasteiger partial charge < -0.3 is 15.2 Å². The van der Waals surface area contributed by atoms with Crippen LogP contribution < -0.4 is 10.6 Å². The van der Waals surface area contributed by atoms with Gasteiger partial charge in [0.05, 0.1) is 6.54 Å². The molecule has 100 valence electrons. The molecule has 0 radical (unpaired) electrons. The van der Waals surface area contributed by atoms with Crippen LogP contribution in [0.25, 0.3) is 10.9 Å². The van der Waals surface area contributed by atoms with Crippen molar-refractivity contribution in [2.75, 3.05) is 6.54 Å². The molecule has 0 atom stereocenters. The molecule has 0 spiro atoms. The summed E-state index contributed by atoms with van der Waals surface area (Å²) in [6, 6.07) is 8.82. The fraction of sp³-hybridized carbons (Fsp3) is 0.400. The smallest absolute Gasteiger partial charge is 0.234 e. The molecule has 1 fully saturated rings. The Balaban J connectivity index is 1.62. The quantitative estimate of drug-likeness (QED) is 0.853. The van der Waals surface area contributed by atoms with Crippen molar-refractivity contribution in [1.29, 1.82) is 0 Å². The lowest BCUT2D eigenvalue weighted by Crippen LogP contribution is -2.34. The van der Waals surface area contributed by atoms with E-state index < -0.39 is 0 Å². The van der Waals surface area contributed by atoms with Gasteiger partial charge >= 0.3 is 0 Å². The highest BCUT2D eigenvalue weighted by Crippen LogP contribution is 2.20. The number of aryl methyl sites for hydroxylation is 1. The topological polar surface area (TPSA) is 46.1 Å². The van der Waals surface area contributed by atoms with Crippen molar-refractivity contribution >= 4 is 16.8 Å². The molecule has 1 aromatic carbocycles. The number of hydrogen-bond acceptors (Lipinski definition) is 2. The van der Waals surface area contributed by atoms with E-state index in [1.807, 2.05) is 19.2 Å². The molecule has 0 unspecified atom stereocenters. The third kappa shape index (κ3) is 2.79. The zero-order valence-electron chi connectivity index (χ0n) is 11.1. The van der Waals surface area contributed by atoms with Gasteiger partial charge in [-0.15, -0.1) is 0 Å². The zero-order chi connectivity index (χ0) is 13.2. The number of nitrogens with zero attached hydrogens (tertiary/aromatic N) is 1. The Kier molecular flexibility index (Phi) is 3.25. The van der Waals surface area contributed by atoms with Crippen molar-refractivity contribution in [3.63, 3.8) is 0 Å². The van der Waals surface area contributed by atoms with Crippen molar-refractivity contribution in [1.82, 2.24) is 15.2 Å². The van der Waals surface area contributed by atoms with E-state index >= 15 is 0 Å². The van der Waals surface area contributed by atoms with Crippen LogP contribution in [-0.2, 0) is 18.4 Å². The number of carbonyl (C=O) groups excluding carboxylic acids is 1. The normalized spacial score (nSPS) is 14.8. The molecule has 1 aliphatic rings. The molecule has 1 aliphatic carbocycles. The average molecular weight is 257 g/mol. The van der Waals surface area contributed by atoms with E-state index in [-0.39, 0.29) is 5.91 Å². The summed E-state index contributed by atoms with van der Waals surface area (Å²) in [5.41, 5.74) is 2.36. The van der Waals surface area contributed by atoms with Crippen LogP contribution in [0.5, 0.6) is 0 Å². The molecular formula is C15H19N3O. The number of rotatable bonds is 5. The van der Waals surface area contributed by atoms with Gasteiger partial charge in [0, 0.05) is 36.7 Å². The lowest BCUT2D eigenvalue weighted by Gasteiger charge is -2.05.